The summed E-state index contributed by atoms with van der Waals surface area (Å²) in [7, 11) is 0. The summed E-state index contributed by atoms with van der Waals surface area (Å²) < 4.78 is 50.7. The Labute approximate surface area is 206 Å². The maximum Gasteiger partial charge on any atom is 2.00 e. The zero-order valence-corrected chi connectivity index (χ0v) is 19.7. The van der Waals surface area contributed by atoms with Crippen molar-refractivity contribution in [1.29, 1.82) is 0 Å². The van der Waals surface area contributed by atoms with Gasteiger partial charge in [-0.25, -0.2) is 0 Å². The van der Waals surface area contributed by atoms with Gasteiger partial charge in [-0.3, -0.25) is 9.88 Å². The average molecular weight is 514 g/mol. The molecule has 3 aromatic rings. The van der Waals surface area contributed by atoms with Gasteiger partial charge in [0.05, 0.1) is 19.3 Å². The van der Waals surface area contributed by atoms with Crippen LogP contribution < -0.4 is 4.74 Å². The van der Waals surface area contributed by atoms with Gasteiger partial charge in [0, 0.05) is 36.4 Å². The monoisotopic (exact) mass is 514 g/mol. The summed E-state index contributed by atoms with van der Waals surface area (Å²) in [4.78, 5) is 10.6. The van der Waals surface area contributed by atoms with E-state index in [4.69, 9.17) is 9.47 Å². The van der Waals surface area contributed by atoms with Crippen LogP contribution in [0.2, 0.25) is 0 Å². The molecule has 6 rings (SSSR count). The van der Waals surface area contributed by atoms with E-state index in [1.54, 1.807) is 16.8 Å². The first-order chi connectivity index (χ1) is 15.9. The van der Waals surface area contributed by atoms with Crippen LogP contribution in [0.1, 0.15) is 42.6 Å². The molecule has 11 heteroatoms. The van der Waals surface area contributed by atoms with E-state index >= 15 is 0 Å². The van der Waals surface area contributed by atoms with E-state index < -0.39 is 11.7 Å². The third kappa shape index (κ3) is 5.65. The summed E-state index contributed by atoms with van der Waals surface area (Å²) in [5, 5.41) is 4.26. The number of nitrogens with zero attached hydrogens (tertiary/aromatic N) is 5. The number of morpholine rings is 1. The molecule has 1 saturated heterocycles. The molecule has 2 fully saturated rings. The molecule has 0 bridgehead atoms. The number of rotatable bonds is 2. The molecule has 2 atom stereocenters. The van der Waals surface area contributed by atoms with Crippen molar-refractivity contribution in [2.24, 2.45) is 0 Å². The third-order valence-corrected chi connectivity index (χ3v) is 5.87. The third-order valence-electron chi connectivity index (χ3n) is 5.87. The summed E-state index contributed by atoms with van der Waals surface area (Å²) >= 11 is 0. The van der Waals surface area contributed by atoms with Gasteiger partial charge in [-0.05, 0) is 19.8 Å². The molecule has 1 saturated carbocycles. The van der Waals surface area contributed by atoms with Gasteiger partial charge in [0.2, 0.25) is 0 Å². The molecule has 34 heavy (non-hydrogen) atoms. The van der Waals surface area contributed by atoms with E-state index in [1.165, 1.54) is 18.9 Å². The van der Waals surface area contributed by atoms with Crippen molar-refractivity contribution in [2.45, 2.75) is 44.0 Å². The van der Waals surface area contributed by atoms with E-state index in [9.17, 15) is 13.2 Å². The molecule has 0 N–H and O–H groups in total. The van der Waals surface area contributed by atoms with E-state index in [-0.39, 0.29) is 29.2 Å². The number of ether oxygens (including phenoxy) is 2. The number of benzene rings is 1. The first-order valence-electron chi connectivity index (χ1n) is 11.0. The second kappa shape index (κ2) is 10.1. The van der Waals surface area contributed by atoms with Crippen LogP contribution in [0.4, 0.5) is 13.2 Å². The molecule has 1 radical (unpaired) electrons. The second-order valence-corrected chi connectivity index (χ2v) is 8.50. The van der Waals surface area contributed by atoms with Crippen LogP contribution in [0, 0.1) is 12.6 Å². The Morgan fingerprint density at radius 3 is 2.76 bits per heavy atom. The number of aromatic nitrogens is 4. The predicted molar refractivity (Wildman–Crippen MR) is 113 cm³/mol. The van der Waals surface area contributed by atoms with E-state index in [0.717, 1.165) is 36.6 Å². The Hall–Kier alpha value is -2.33. The maximum absolute atomic E-state index is 12.7. The van der Waals surface area contributed by atoms with Crippen LogP contribution >= 0.6 is 0 Å². The Kier molecular flexibility index (Phi) is 7.37. The molecule has 0 spiro atoms. The molecule has 0 unspecified atom stereocenters. The van der Waals surface area contributed by atoms with Gasteiger partial charge in [0.15, 0.2) is 0 Å². The van der Waals surface area contributed by atoms with Crippen LogP contribution in [0.5, 0.6) is 5.75 Å². The zero-order chi connectivity index (χ0) is 23.0. The minimum Gasteiger partial charge on any atom is -0.550 e. The quantitative estimate of drug-likeness (QED) is 0.385. The van der Waals surface area contributed by atoms with Crippen LogP contribution in [-0.2, 0) is 28.0 Å². The maximum atomic E-state index is 12.7. The summed E-state index contributed by atoms with van der Waals surface area (Å²) in [5.41, 5.74) is 0.0477. The number of hydrogen-bond donors (Lipinski definition) is 0. The van der Waals surface area contributed by atoms with Gasteiger partial charge < -0.3 is 19.0 Å². The Bertz CT molecular complexity index is 1090. The van der Waals surface area contributed by atoms with Crippen LogP contribution in [-0.4, -0.2) is 62.9 Å². The molecule has 7 nitrogen and oxygen atoms in total. The van der Waals surface area contributed by atoms with Crippen molar-refractivity contribution in [3.05, 3.63) is 60.0 Å². The number of alkyl halides is 3. The Morgan fingerprint density at radius 2 is 2.06 bits per heavy atom. The van der Waals surface area contributed by atoms with Gasteiger partial charge in [-0.1, -0.05) is 18.5 Å². The molecule has 2 aliphatic heterocycles. The molecule has 1 aliphatic carbocycles. The number of halogens is 3. The van der Waals surface area contributed by atoms with Gasteiger partial charge >= 0.3 is 23.2 Å². The van der Waals surface area contributed by atoms with Crippen LogP contribution in [0.3, 0.4) is 0 Å². The van der Waals surface area contributed by atoms with Crippen molar-refractivity contribution in [2.75, 3.05) is 26.3 Å². The minimum atomic E-state index is -4.34. The van der Waals surface area contributed by atoms with Crippen LogP contribution in [0.15, 0.2) is 30.5 Å². The molecule has 3 aliphatic rings. The zero-order valence-electron chi connectivity index (χ0n) is 18.5. The first-order valence-corrected chi connectivity index (χ1v) is 11.0. The first kappa shape index (κ1) is 24.8. The smallest absolute Gasteiger partial charge is 0.550 e. The molecule has 2 aromatic heterocycles. The molecule has 1 aromatic carbocycles. The number of hydrogen-bond acceptors (Lipinski definition) is 6. The van der Waals surface area contributed by atoms with Crippen LogP contribution in [0.25, 0.3) is 5.78 Å². The summed E-state index contributed by atoms with van der Waals surface area (Å²) in [6, 6.07) is 5.47. The molecule has 0 amide bonds. The summed E-state index contributed by atoms with van der Waals surface area (Å²) in [6.07, 6.45) is 4.87. The fraction of sp³-hybridized carbons (Fsp3) is 0.478. The Morgan fingerprint density at radius 1 is 1.24 bits per heavy atom. The topological polar surface area (TPSA) is 64.8 Å². The van der Waals surface area contributed by atoms with Gasteiger partial charge in [-0.15, -0.1) is 17.7 Å². The van der Waals surface area contributed by atoms with Crippen molar-refractivity contribution in [1.82, 2.24) is 24.5 Å². The second-order valence-electron chi connectivity index (χ2n) is 8.50. The normalized spacial score (nSPS) is 22.5. The Balaban J connectivity index is 0.000000178. The predicted octanol–water partition coefficient (Wildman–Crippen LogP) is 3.54. The van der Waals surface area contributed by atoms with Crippen molar-refractivity contribution < 1.29 is 39.7 Å². The standard InChI is InChI=1S/C15H17F3NO2.C8H7N4.Mn/c1-10-8-19(4-5-20-10)13-6-11-2-3-12(15(16,17)18)7-14(11)21-9-13;1-4-9-8-10-7(6-2-3-6)11-12(8)5-1;/h2-3,6-7,10,13H,4-5,8-9H2,1H3;1,4,6H,2-3H2;/q2*-1;+2/t10-,13-;;/m1../s1. The fourth-order valence-electron chi connectivity index (χ4n) is 3.97. The number of fused-ring (bicyclic) bond motifs is 2. The summed E-state index contributed by atoms with van der Waals surface area (Å²) in [5.74, 6) is 2.46. The van der Waals surface area contributed by atoms with E-state index in [0.29, 0.717) is 30.7 Å². The molecule has 181 valence electrons. The van der Waals surface area contributed by atoms with Gasteiger partial charge in [-0.2, -0.15) is 30.8 Å². The molecular weight excluding hydrogens is 490 g/mol. The van der Waals surface area contributed by atoms with Gasteiger partial charge in [0.1, 0.15) is 11.6 Å². The molecular formula is C23H24F3MnN5O2. The SMILES string of the molecule is C[C@@H]1CN([C@@H]2[CH-]c3ccc(C(F)(F)F)cc3OC2)CCO1.[Mn+2].[c-]1ccnc2nc(C3CC3)nn12. The van der Waals surface area contributed by atoms with Gasteiger partial charge in [0.25, 0.3) is 0 Å². The van der Waals surface area contributed by atoms with Crippen molar-refractivity contribution in [3.8, 4) is 5.75 Å². The minimum absolute atomic E-state index is 0. The van der Waals surface area contributed by atoms with Crippen molar-refractivity contribution in [3.63, 3.8) is 0 Å². The fourth-order valence-corrected chi connectivity index (χ4v) is 3.97. The average Bonchev–Trinajstić information content (AvgIpc) is 3.57. The molecule has 4 heterocycles. The van der Waals surface area contributed by atoms with Crippen molar-refractivity contribution >= 4 is 5.78 Å². The largest absolute Gasteiger partial charge is 2.00 e. The summed E-state index contributed by atoms with van der Waals surface area (Å²) in [6.45, 7) is 4.68. The van der Waals surface area contributed by atoms with E-state index in [2.05, 4.69) is 26.2 Å². The van der Waals surface area contributed by atoms with E-state index in [1.807, 2.05) is 13.3 Å².